The van der Waals surface area contributed by atoms with Crippen LogP contribution in [-0.4, -0.2) is 17.6 Å². The minimum atomic E-state index is 0.437. The smallest absolute Gasteiger partial charge is 0.0482 e. The van der Waals surface area contributed by atoms with Crippen LogP contribution in [0.5, 0.6) is 0 Å². The number of hydrogen-bond acceptors (Lipinski definition) is 2. The normalized spacial score (nSPS) is 18.5. The van der Waals surface area contributed by atoms with Gasteiger partial charge in [0.15, 0.2) is 0 Å². The molecule has 1 aliphatic rings. The van der Waals surface area contributed by atoms with E-state index in [-0.39, 0.29) is 0 Å². The number of fused-ring (bicyclic) bond motifs is 1. The molecule has 0 bridgehead atoms. The van der Waals surface area contributed by atoms with Crippen LogP contribution in [0.2, 0.25) is 5.02 Å². The second kappa shape index (κ2) is 6.59. The zero-order chi connectivity index (χ0) is 14.7. The third-order valence-electron chi connectivity index (χ3n) is 4.32. The first-order valence-electron chi connectivity index (χ1n) is 7.69. The Morgan fingerprint density at radius 2 is 2.10 bits per heavy atom. The Hall–Kier alpha value is -1.38. The molecule has 2 atom stereocenters. The molecule has 0 spiro atoms. The van der Waals surface area contributed by atoms with E-state index in [1.807, 2.05) is 24.4 Å². The maximum Gasteiger partial charge on any atom is 0.0482 e. The molecule has 21 heavy (non-hydrogen) atoms. The van der Waals surface area contributed by atoms with Crippen LogP contribution >= 0.6 is 11.6 Å². The third-order valence-corrected chi connectivity index (χ3v) is 4.57. The number of aromatic nitrogens is 1. The van der Waals surface area contributed by atoms with Crippen LogP contribution in [0.3, 0.4) is 0 Å². The maximum absolute atomic E-state index is 5.98. The van der Waals surface area contributed by atoms with E-state index in [2.05, 4.69) is 35.4 Å². The van der Waals surface area contributed by atoms with E-state index in [4.69, 9.17) is 11.6 Å². The molecule has 0 radical (unpaired) electrons. The van der Waals surface area contributed by atoms with Crippen molar-refractivity contribution in [3.63, 3.8) is 0 Å². The number of rotatable bonds is 5. The lowest BCUT2D eigenvalue weighted by Gasteiger charge is -2.25. The van der Waals surface area contributed by atoms with Crippen molar-refractivity contribution in [3.8, 4) is 0 Å². The minimum Gasteiger partial charge on any atom is -0.313 e. The summed E-state index contributed by atoms with van der Waals surface area (Å²) in [6.07, 6.45) is 5.28. The van der Waals surface area contributed by atoms with Gasteiger partial charge in [0.1, 0.15) is 0 Å². The monoisotopic (exact) mass is 300 g/mol. The molecule has 3 heteroatoms. The highest BCUT2D eigenvalue weighted by atomic mass is 35.5. The van der Waals surface area contributed by atoms with Crippen molar-refractivity contribution in [1.82, 2.24) is 10.3 Å². The van der Waals surface area contributed by atoms with Crippen LogP contribution in [0.25, 0.3) is 0 Å². The van der Waals surface area contributed by atoms with Gasteiger partial charge in [0.05, 0.1) is 0 Å². The van der Waals surface area contributed by atoms with Crippen LogP contribution in [0.15, 0.2) is 42.6 Å². The molecular weight excluding hydrogens is 280 g/mol. The predicted octanol–water partition coefficient (Wildman–Crippen LogP) is 3.99. The molecule has 110 valence electrons. The zero-order valence-electron chi connectivity index (χ0n) is 12.3. The van der Waals surface area contributed by atoms with Crippen molar-refractivity contribution >= 4 is 11.6 Å². The third kappa shape index (κ3) is 3.28. The molecule has 1 N–H and O–H groups in total. The molecule has 1 aromatic carbocycles. The van der Waals surface area contributed by atoms with Gasteiger partial charge in [-0.2, -0.15) is 0 Å². The first-order chi connectivity index (χ1) is 10.3. The summed E-state index contributed by atoms with van der Waals surface area (Å²) in [6.45, 7) is 3.15. The molecule has 0 fully saturated rings. The number of hydrogen-bond donors (Lipinski definition) is 1. The summed E-state index contributed by atoms with van der Waals surface area (Å²) in [5, 5.41) is 4.45. The van der Waals surface area contributed by atoms with Crippen molar-refractivity contribution in [2.45, 2.75) is 38.1 Å². The summed E-state index contributed by atoms with van der Waals surface area (Å²) < 4.78 is 0. The van der Waals surface area contributed by atoms with E-state index in [1.165, 1.54) is 23.2 Å². The Balaban J connectivity index is 1.80. The topological polar surface area (TPSA) is 24.9 Å². The van der Waals surface area contributed by atoms with Crippen molar-refractivity contribution in [3.05, 3.63) is 64.4 Å². The van der Waals surface area contributed by atoms with Gasteiger partial charge in [0.2, 0.25) is 0 Å². The summed E-state index contributed by atoms with van der Waals surface area (Å²) in [7, 11) is 0. The molecule has 0 saturated carbocycles. The fraction of sp³-hybridized carbons (Fsp3) is 0.389. The van der Waals surface area contributed by atoms with Gasteiger partial charge in [-0.25, -0.2) is 0 Å². The Morgan fingerprint density at radius 1 is 1.29 bits per heavy atom. The Morgan fingerprint density at radius 3 is 2.86 bits per heavy atom. The number of nitrogens with one attached hydrogen (secondary N) is 1. The Kier molecular flexibility index (Phi) is 4.57. The molecule has 0 saturated heterocycles. The summed E-state index contributed by atoms with van der Waals surface area (Å²) in [6, 6.07) is 12.9. The highest BCUT2D eigenvalue weighted by molar-refractivity contribution is 6.30. The van der Waals surface area contributed by atoms with Crippen LogP contribution in [-0.2, 0) is 12.8 Å². The van der Waals surface area contributed by atoms with Gasteiger partial charge >= 0.3 is 0 Å². The fourth-order valence-corrected chi connectivity index (χ4v) is 3.45. The van der Waals surface area contributed by atoms with E-state index in [0.29, 0.717) is 12.0 Å². The van der Waals surface area contributed by atoms with E-state index in [0.717, 1.165) is 24.4 Å². The molecule has 2 unspecified atom stereocenters. The largest absolute Gasteiger partial charge is 0.313 e. The van der Waals surface area contributed by atoms with Crippen molar-refractivity contribution in [1.29, 1.82) is 0 Å². The fourth-order valence-electron chi connectivity index (χ4n) is 3.33. The first-order valence-corrected chi connectivity index (χ1v) is 8.07. The van der Waals surface area contributed by atoms with Gasteiger partial charge in [-0.05, 0) is 55.1 Å². The van der Waals surface area contributed by atoms with Gasteiger partial charge in [0.25, 0.3) is 0 Å². The van der Waals surface area contributed by atoms with Crippen molar-refractivity contribution in [2.24, 2.45) is 0 Å². The van der Waals surface area contributed by atoms with Crippen LogP contribution < -0.4 is 5.32 Å². The van der Waals surface area contributed by atoms with Crippen molar-refractivity contribution < 1.29 is 0 Å². The van der Waals surface area contributed by atoms with E-state index < -0.39 is 0 Å². The molecule has 0 aliphatic heterocycles. The SMILES string of the molecule is CCNC(Cc1ccc(Cl)cc1)C1CCc2cccnc21. The van der Waals surface area contributed by atoms with Gasteiger partial charge < -0.3 is 5.32 Å². The van der Waals surface area contributed by atoms with E-state index in [1.54, 1.807) is 0 Å². The summed E-state index contributed by atoms with van der Waals surface area (Å²) in [5.74, 6) is 0.511. The number of benzene rings is 1. The van der Waals surface area contributed by atoms with Crippen molar-refractivity contribution in [2.75, 3.05) is 6.54 Å². The van der Waals surface area contributed by atoms with E-state index >= 15 is 0 Å². The first kappa shape index (κ1) is 14.6. The number of aryl methyl sites for hydroxylation is 1. The van der Waals surface area contributed by atoms with Gasteiger partial charge in [0, 0.05) is 28.9 Å². The lowest BCUT2D eigenvalue weighted by molar-refractivity contribution is 0.430. The lowest BCUT2D eigenvalue weighted by Crippen LogP contribution is -2.36. The number of likely N-dealkylation sites (N-methyl/N-ethyl adjacent to an activating group) is 1. The average Bonchev–Trinajstić information content (AvgIpc) is 2.93. The van der Waals surface area contributed by atoms with Gasteiger partial charge in [-0.3, -0.25) is 4.98 Å². The number of halogens is 1. The molecule has 3 rings (SSSR count). The van der Waals surface area contributed by atoms with Gasteiger partial charge in [-0.15, -0.1) is 0 Å². The van der Waals surface area contributed by atoms with Crippen LogP contribution in [0.1, 0.15) is 36.1 Å². The molecule has 0 amide bonds. The summed E-state index contributed by atoms with van der Waals surface area (Å²) in [5.41, 5.74) is 4.04. The molecular formula is C18H21ClN2. The lowest BCUT2D eigenvalue weighted by atomic mass is 9.91. The van der Waals surface area contributed by atoms with Crippen LogP contribution in [0, 0.1) is 0 Å². The quantitative estimate of drug-likeness (QED) is 0.903. The van der Waals surface area contributed by atoms with Crippen LogP contribution in [0.4, 0.5) is 0 Å². The second-order valence-electron chi connectivity index (χ2n) is 5.69. The predicted molar refractivity (Wildman–Crippen MR) is 87.9 cm³/mol. The Bertz CT molecular complexity index is 594. The molecule has 1 aliphatic carbocycles. The Labute approximate surface area is 131 Å². The molecule has 2 aromatic rings. The molecule has 2 nitrogen and oxygen atoms in total. The summed E-state index contributed by atoms with van der Waals surface area (Å²) >= 11 is 5.98. The zero-order valence-corrected chi connectivity index (χ0v) is 13.1. The van der Waals surface area contributed by atoms with E-state index in [9.17, 15) is 0 Å². The maximum atomic E-state index is 5.98. The summed E-state index contributed by atoms with van der Waals surface area (Å²) in [4.78, 5) is 4.64. The number of pyridine rings is 1. The van der Waals surface area contributed by atoms with Gasteiger partial charge in [-0.1, -0.05) is 36.7 Å². The molecule has 1 heterocycles. The standard InChI is InChI=1S/C18H21ClN2/c1-2-20-17(12-13-5-8-15(19)9-6-13)16-10-7-14-4-3-11-21-18(14)16/h3-6,8-9,11,16-17,20H,2,7,10,12H2,1H3. The number of nitrogens with zero attached hydrogens (tertiary/aromatic N) is 1. The minimum absolute atomic E-state index is 0.437. The highest BCUT2D eigenvalue weighted by Crippen LogP contribution is 2.34. The average molecular weight is 301 g/mol. The second-order valence-corrected chi connectivity index (χ2v) is 6.12. The molecule has 1 aromatic heterocycles. The highest BCUT2D eigenvalue weighted by Gasteiger charge is 2.30.